The molecular formula is C14H19N. The molecule has 80 valence electrons. The number of hydrogen-bond acceptors (Lipinski definition) is 1. The van der Waals surface area contributed by atoms with Gasteiger partial charge in [-0.15, -0.1) is 0 Å². The van der Waals surface area contributed by atoms with E-state index in [1.807, 2.05) is 0 Å². The Kier molecular flexibility index (Phi) is 2.49. The third-order valence-electron chi connectivity index (χ3n) is 4.20. The molecule has 1 nitrogen and oxygen atoms in total. The maximum atomic E-state index is 3.71. The van der Waals surface area contributed by atoms with Crippen LogP contribution in [0.1, 0.15) is 31.2 Å². The molecule has 1 unspecified atom stereocenters. The highest BCUT2D eigenvalue weighted by atomic mass is 14.9. The van der Waals surface area contributed by atoms with Crippen LogP contribution in [0.25, 0.3) is 0 Å². The van der Waals surface area contributed by atoms with Gasteiger partial charge in [-0.3, -0.25) is 0 Å². The molecule has 1 heteroatoms. The lowest BCUT2D eigenvalue weighted by molar-refractivity contribution is 0.136. The average Bonchev–Trinajstić information content (AvgIpc) is 2.62. The van der Waals surface area contributed by atoms with Gasteiger partial charge in [0.05, 0.1) is 0 Å². The zero-order valence-corrected chi connectivity index (χ0v) is 9.15. The second kappa shape index (κ2) is 3.97. The summed E-state index contributed by atoms with van der Waals surface area (Å²) < 4.78 is 0. The molecular weight excluding hydrogens is 182 g/mol. The molecule has 0 heterocycles. The van der Waals surface area contributed by atoms with E-state index in [9.17, 15) is 0 Å². The van der Waals surface area contributed by atoms with Crippen LogP contribution in [0.5, 0.6) is 0 Å². The van der Waals surface area contributed by atoms with Gasteiger partial charge in [0.25, 0.3) is 0 Å². The van der Waals surface area contributed by atoms with Gasteiger partial charge in [-0.25, -0.2) is 0 Å². The van der Waals surface area contributed by atoms with Crippen molar-refractivity contribution in [1.29, 1.82) is 0 Å². The van der Waals surface area contributed by atoms with E-state index in [1.54, 1.807) is 0 Å². The van der Waals surface area contributed by atoms with Crippen LogP contribution in [-0.4, -0.2) is 6.04 Å². The summed E-state index contributed by atoms with van der Waals surface area (Å²) in [6.45, 7) is 1.05. The van der Waals surface area contributed by atoms with E-state index in [2.05, 4.69) is 35.6 Å². The molecule has 2 fully saturated rings. The summed E-state index contributed by atoms with van der Waals surface area (Å²) in [7, 11) is 0. The number of benzene rings is 1. The zero-order valence-electron chi connectivity index (χ0n) is 9.15. The van der Waals surface area contributed by atoms with E-state index in [4.69, 9.17) is 0 Å². The van der Waals surface area contributed by atoms with Crippen molar-refractivity contribution >= 4 is 0 Å². The molecule has 1 N–H and O–H groups in total. The molecule has 0 amide bonds. The smallest absolute Gasteiger partial charge is 0.0208 e. The van der Waals surface area contributed by atoms with Gasteiger partial charge in [0.2, 0.25) is 0 Å². The van der Waals surface area contributed by atoms with Gasteiger partial charge in [0, 0.05) is 12.6 Å². The summed E-state index contributed by atoms with van der Waals surface area (Å²) in [5.74, 6) is 2.08. The van der Waals surface area contributed by atoms with Gasteiger partial charge in [-0.1, -0.05) is 43.2 Å². The first-order chi connectivity index (χ1) is 7.43. The maximum Gasteiger partial charge on any atom is 0.0208 e. The Morgan fingerprint density at radius 3 is 2.80 bits per heavy atom. The third kappa shape index (κ3) is 1.81. The minimum atomic E-state index is 0.817. The first-order valence-electron chi connectivity index (χ1n) is 6.21. The topological polar surface area (TPSA) is 12.0 Å². The van der Waals surface area contributed by atoms with Crippen LogP contribution < -0.4 is 5.32 Å². The summed E-state index contributed by atoms with van der Waals surface area (Å²) in [4.78, 5) is 0. The lowest BCUT2D eigenvalue weighted by atomic mass is 9.71. The van der Waals surface area contributed by atoms with Crippen LogP contribution >= 0.6 is 0 Å². The van der Waals surface area contributed by atoms with Gasteiger partial charge in [-0.2, -0.15) is 0 Å². The number of nitrogens with one attached hydrogen (secondary N) is 1. The van der Waals surface area contributed by atoms with E-state index < -0.39 is 0 Å². The number of rotatable bonds is 3. The largest absolute Gasteiger partial charge is 0.310 e. The van der Waals surface area contributed by atoms with Crippen LogP contribution in [0, 0.1) is 11.8 Å². The first kappa shape index (κ1) is 9.41. The Morgan fingerprint density at radius 2 is 2.00 bits per heavy atom. The van der Waals surface area contributed by atoms with Crippen molar-refractivity contribution in [3.05, 3.63) is 35.9 Å². The van der Waals surface area contributed by atoms with Crippen molar-refractivity contribution < 1.29 is 0 Å². The average molecular weight is 201 g/mol. The highest BCUT2D eigenvalue weighted by molar-refractivity contribution is 5.14. The monoisotopic (exact) mass is 201 g/mol. The molecule has 0 bridgehead atoms. The summed E-state index contributed by atoms with van der Waals surface area (Å²) in [6, 6.07) is 11.6. The molecule has 0 aromatic heterocycles. The molecule has 3 rings (SSSR count). The van der Waals surface area contributed by atoms with Crippen molar-refractivity contribution in [3.8, 4) is 0 Å². The standard InChI is InChI=1S/C14H19N/c1-2-5-11(6-3-1)10-15-14-9-12-7-4-8-13(12)14/h1-3,5-6,12-15H,4,7-10H2/t12-,13-,14?/m0/s1. The molecule has 1 aromatic carbocycles. The lowest BCUT2D eigenvalue weighted by Crippen LogP contribution is -2.47. The zero-order chi connectivity index (χ0) is 10.1. The van der Waals surface area contributed by atoms with E-state index in [-0.39, 0.29) is 0 Å². The molecule has 3 atom stereocenters. The second-order valence-corrected chi connectivity index (χ2v) is 5.06. The van der Waals surface area contributed by atoms with Crippen molar-refractivity contribution in [3.63, 3.8) is 0 Å². The number of hydrogen-bond donors (Lipinski definition) is 1. The van der Waals surface area contributed by atoms with Gasteiger partial charge >= 0.3 is 0 Å². The fraction of sp³-hybridized carbons (Fsp3) is 0.571. The Balaban J connectivity index is 1.51. The fourth-order valence-electron chi connectivity index (χ4n) is 3.27. The van der Waals surface area contributed by atoms with Gasteiger partial charge in [0.1, 0.15) is 0 Å². The minimum absolute atomic E-state index is 0.817. The first-order valence-corrected chi connectivity index (χ1v) is 6.21. The predicted molar refractivity (Wildman–Crippen MR) is 62.5 cm³/mol. The molecule has 2 saturated carbocycles. The van der Waals surface area contributed by atoms with E-state index in [1.165, 1.54) is 31.2 Å². The minimum Gasteiger partial charge on any atom is -0.310 e. The molecule has 15 heavy (non-hydrogen) atoms. The molecule has 0 saturated heterocycles. The normalized spacial score (nSPS) is 33.5. The Labute approximate surface area is 91.9 Å². The van der Waals surface area contributed by atoms with Gasteiger partial charge in [0.15, 0.2) is 0 Å². The van der Waals surface area contributed by atoms with E-state index >= 15 is 0 Å². The summed E-state index contributed by atoms with van der Waals surface area (Å²) >= 11 is 0. The Morgan fingerprint density at radius 1 is 1.13 bits per heavy atom. The number of fused-ring (bicyclic) bond motifs is 1. The van der Waals surface area contributed by atoms with Crippen molar-refractivity contribution in [2.24, 2.45) is 11.8 Å². The highest BCUT2D eigenvalue weighted by Gasteiger charge is 2.42. The Hall–Kier alpha value is -0.820. The van der Waals surface area contributed by atoms with E-state index in [0.29, 0.717) is 0 Å². The summed E-state index contributed by atoms with van der Waals surface area (Å²) in [5.41, 5.74) is 1.42. The molecule has 0 radical (unpaired) electrons. The molecule has 2 aliphatic rings. The third-order valence-corrected chi connectivity index (χ3v) is 4.20. The Bertz CT molecular complexity index is 319. The van der Waals surface area contributed by atoms with Crippen LogP contribution in [0.2, 0.25) is 0 Å². The lowest BCUT2D eigenvalue weighted by Gasteiger charge is -2.41. The SMILES string of the molecule is c1ccc(CNC2C[C@@H]3CCC[C@H]23)cc1. The molecule has 1 aromatic rings. The summed E-state index contributed by atoms with van der Waals surface area (Å²) in [6.07, 6.45) is 5.86. The van der Waals surface area contributed by atoms with Crippen molar-refractivity contribution in [2.45, 2.75) is 38.3 Å². The fourth-order valence-corrected chi connectivity index (χ4v) is 3.27. The van der Waals surface area contributed by atoms with E-state index in [0.717, 1.165) is 24.4 Å². The second-order valence-electron chi connectivity index (χ2n) is 5.06. The molecule has 0 spiro atoms. The van der Waals surface area contributed by atoms with Crippen molar-refractivity contribution in [1.82, 2.24) is 5.32 Å². The van der Waals surface area contributed by atoms with Crippen LogP contribution in [0.4, 0.5) is 0 Å². The van der Waals surface area contributed by atoms with Crippen LogP contribution in [-0.2, 0) is 6.54 Å². The maximum absolute atomic E-state index is 3.71. The van der Waals surface area contributed by atoms with Crippen molar-refractivity contribution in [2.75, 3.05) is 0 Å². The van der Waals surface area contributed by atoms with Crippen LogP contribution in [0.3, 0.4) is 0 Å². The molecule has 0 aliphatic heterocycles. The molecule has 2 aliphatic carbocycles. The predicted octanol–water partition coefficient (Wildman–Crippen LogP) is 2.96. The van der Waals surface area contributed by atoms with Gasteiger partial charge in [-0.05, 0) is 30.2 Å². The van der Waals surface area contributed by atoms with Gasteiger partial charge < -0.3 is 5.32 Å². The van der Waals surface area contributed by atoms with Crippen LogP contribution in [0.15, 0.2) is 30.3 Å². The quantitative estimate of drug-likeness (QED) is 0.792. The highest BCUT2D eigenvalue weighted by Crippen LogP contribution is 2.46. The summed E-state index contributed by atoms with van der Waals surface area (Å²) in [5, 5.41) is 3.71.